The molecular formula is C21H25N3O. The maximum Gasteiger partial charge on any atom is 0.243 e. The third-order valence-electron chi connectivity index (χ3n) is 5.16. The molecule has 25 heavy (non-hydrogen) atoms. The molecule has 0 saturated carbocycles. The number of fused-ring (bicyclic) bond motifs is 1. The van der Waals surface area contributed by atoms with Crippen LogP contribution in [-0.4, -0.2) is 37.0 Å². The molecule has 0 radical (unpaired) electrons. The van der Waals surface area contributed by atoms with Crippen molar-refractivity contribution in [2.24, 2.45) is 0 Å². The van der Waals surface area contributed by atoms with Crippen molar-refractivity contribution in [1.82, 2.24) is 4.90 Å². The van der Waals surface area contributed by atoms with Crippen LogP contribution in [0.5, 0.6) is 0 Å². The first kappa shape index (κ1) is 16.2. The zero-order valence-corrected chi connectivity index (χ0v) is 14.6. The van der Waals surface area contributed by atoms with Crippen molar-refractivity contribution < 1.29 is 4.79 Å². The summed E-state index contributed by atoms with van der Waals surface area (Å²) in [7, 11) is 0. The molecule has 1 fully saturated rings. The van der Waals surface area contributed by atoms with Gasteiger partial charge >= 0.3 is 0 Å². The molecule has 0 aromatic heterocycles. The molecule has 130 valence electrons. The number of benzene rings is 2. The number of carbonyl (C=O) groups excluding carboxylic acids is 1. The molecule has 4 nitrogen and oxygen atoms in total. The number of hydrogen-bond donors (Lipinski definition) is 1. The van der Waals surface area contributed by atoms with Crippen molar-refractivity contribution in [3.05, 3.63) is 59.7 Å². The van der Waals surface area contributed by atoms with Gasteiger partial charge < -0.3 is 10.2 Å². The molecule has 0 bridgehead atoms. The Morgan fingerprint density at radius 1 is 0.960 bits per heavy atom. The fourth-order valence-corrected chi connectivity index (χ4v) is 3.84. The van der Waals surface area contributed by atoms with Crippen LogP contribution >= 0.6 is 0 Å². The lowest BCUT2D eigenvalue weighted by Crippen LogP contribution is -2.31. The van der Waals surface area contributed by atoms with Gasteiger partial charge in [0, 0.05) is 24.5 Å². The summed E-state index contributed by atoms with van der Waals surface area (Å²) < 4.78 is 0. The lowest BCUT2D eigenvalue weighted by molar-refractivity contribution is -0.115. The lowest BCUT2D eigenvalue weighted by Gasteiger charge is -2.19. The third kappa shape index (κ3) is 3.85. The molecular weight excluding hydrogens is 310 g/mol. The Balaban J connectivity index is 1.32. The topological polar surface area (TPSA) is 35.6 Å². The number of hydrogen-bond acceptors (Lipinski definition) is 3. The summed E-state index contributed by atoms with van der Waals surface area (Å²) in [6, 6.07) is 16.6. The molecule has 2 aromatic carbocycles. The van der Waals surface area contributed by atoms with E-state index < -0.39 is 0 Å². The number of anilines is 2. The van der Waals surface area contributed by atoms with Crippen LogP contribution in [-0.2, 0) is 17.8 Å². The number of likely N-dealkylation sites (tertiary alicyclic amines) is 1. The molecule has 2 aliphatic heterocycles. The van der Waals surface area contributed by atoms with Crippen molar-refractivity contribution in [2.75, 3.05) is 36.4 Å². The van der Waals surface area contributed by atoms with Crippen LogP contribution in [0.4, 0.5) is 11.4 Å². The van der Waals surface area contributed by atoms with Gasteiger partial charge in [0.25, 0.3) is 0 Å². The fraction of sp³-hybridized carbons (Fsp3) is 0.381. The number of nitrogens with zero attached hydrogens (tertiary/aromatic N) is 2. The zero-order valence-electron chi connectivity index (χ0n) is 14.6. The molecule has 0 spiro atoms. The average molecular weight is 335 g/mol. The van der Waals surface area contributed by atoms with E-state index in [0.717, 1.165) is 25.2 Å². The second-order valence-corrected chi connectivity index (χ2v) is 7.03. The average Bonchev–Trinajstić information content (AvgIpc) is 3.27. The van der Waals surface area contributed by atoms with E-state index >= 15 is 0 Å². The Morgan fingerprint density at radius 2 is 1.72 bits per heavy atom. The Morgan fingerprint density at radius 3 is 2.52 bits per heavy atom. The highest BCUT2D eigenvalue weighted by atomic mass is 16.2. The van der Waals surface area contributed by atoms with Gasteiger partial charge in [0.2, 0.25) is 5.91 Å². The number of carbonyl (C=O) groups is 1. The Kier molecular flexibility index (Phi) is 4.70. The number of amides is 1. The highest BCUT2D eigenvalue weighted by Gasteiger charge is 2.20. The minimum Gasteiger partial charge on any atom is -0.362 e. The van der Waals surface area contributed by atoms with Crippen LogP contribution in [0, 0.1) is 0 Å². The summed E-state index contributed by atoms with van der Waals surface area (Å²) >= 11 is 0. The van der Waals surface area contributed by atoms with Crippen molar-refractivity contribution in [2.45, 2.75) is 25.8 Å². The first-order valence-corrected chi connectivity index (χ1v) is 9.22. The number of nitrogens with one attached hydrogen (secondary N) is 1. The molecule has 2 aromatic rings. The van der Waals surface area contributed by atoms with Crippen LogP contribution in [0.1, 0.15) is 24.0 Å². The van der Waals surface area contributed by atoms with Crippen molar-refractivity contribution in [3.8, 4) is 0 Å². The van der Waals surface area contributed by atoms with Crippen LogP contribution in [0.3, 0.4) is 0 Å². The molecule has 1 saturated heterocycles. The summed E-state index contributed by atoms with van der Waals surface area (Å²) in [4.78, 5) is 17.0. The number of rotatable bonds is 5. The van der Waals surface area contributed by atoms with Crippen LogP contribution < -0.4 is 10.2 Å². The highest BCUT2D eigenvalue weighted by molar-refractivity contribution is 5.94. The highest BCUT2D eigenvalue weighted by Crippen LogP contribution is 2.27. The molecule has 0 unspecified atom stereocenters. The van der Waals surface area contributed by atoms with E-state index in [9.17, 15) is 4.79 Å². The maximum atomic E-state index is 12.4. The Labute approximate surface area is 149 Å². The molecule has 1 N–H and O–H groups in total. The predicted molar refractivity (Wildman–Crippen MR) is 102 cm³/mol. The second kappa shape index (κ2) is 7.28. The van der Waals surface area contributed by atoms with Gasteiger partial charge in [-0.05, 0) is 61.7 Å². The third-order valence-corrected chi connectivity index (χ3v) is 5.16. The van der Waals surface area contributed by atoms with E-state index in [0.29, 0.717) is 6.54 Å². The summed E-state index contributed by atoms with van der Waals surface area (Å²) in [5.41, 5.74) is 4.72. The van der Waals surface area contributed by atoms with Crippen molar-refractivity contribution >= 4 is 17.3 Å². The van der Waals surface area contributed by atoms with E-state index in [1.807, 2.05) is 18.2 Å². The lowest BCUT2D eigenvalue weighted by atomic mass is 10.2. The van der Waals surface area contributed by atoms with Gasteiger partial charge in [0.05, 0.1) is 6.54 Å². The van der Waals surface area contributed by atoms with Gasteiger partial charge in [0.1, 0.15) is 0 Å². The molecule has 2 aliphatic rings. The van der Waals surface area contributed by atoms with Crippen molar-refractivity contribution in [3.63, 3.8) is 0 Å². The monoisotopic (exact) mass is 335 g/mol. The molecule has 4 heteroatoms. The zero-order chi connectivity index (χ0) is 17.1. The SMILES string of the molecule is O=C(CN1CCc2ccccc21)Nc1ccc(CN2CCCC2)cc1. The smallest absolute Gasteiger partial charge is 0.243 e. The minimum atomic E-state index is 0.0454. The molecule has 2 heterocycles. The minimum absolute atomic E-state index is 0.0454. The van der Waals surface area contributed by atoms with Crippen LogP contribution in [0.25, 0.3) is 0 Å². The van der Waals surface area contributed by atoms with Gasteiger partial charge in [-0.3, -0.25) is 9.69 Å². The summed E-state index contributed by atoms with van der Waals surface area (Å²) in [5, 5.41) is 3.03. The van der Waals surface area contributed by atoms with Gasteiger partial charge in [-0.2, -0.15) is 0 Å². The Bertz CT molecular complexity index is 735. The predicted octanol–water partition coefficient (Wildman–Crippen LogP) is 3.28. The largest absolute Gasteiger partial charge is 0.362 e. The van der Waals surface area contributed by atoms with Gasteiger partial charge in [-0.15, -0.1) is 0 Å². The standard InChI is InChI=1S/C21H25N3O/c25-21(16-24-14-11-18-5-1-2-6-20(18)24)22-19-9-7-17(8-10-19)15-23-12-3-4-13-23/h1-2,5-10H,3-4,11-16H2,(H,22,25). The molecule has 0 aliphatic carbocycles. The molecule has 0 atom stereocenters. The van der Waals surface area contributed by atoms with Crippen molar-refractivity contribution in [1.29, 1.82) is 0 Å². The molecule has 1 amide bonds. The van der Waals surface area contributed by atoms with Crippen LogP contribution in [0.15, 0.2) is 48.5 Å². The van der Waals surface area contributed by atoms with E-state index in [4.69, 9.17) is 0 Å². The van der Waals surface area contributed by atoms with E-state index in [2.05, 4.69) is 45.4 Å². The second-order valence-electron chi connectivity index (χ2n) is 7.03. The van der Waals surface area contributed by atoms with E-state index in [1.54, 1.807) is 0 Å². The fourth-order valence-electron chi connectivity index (χ4n) is 3.84. The Hall–Kier alpha value is -2.33. The normalized spacial score (nSPS) is 16.9. The van der Waals surface area contributed by atoms with Crippen LogP contribution in [0.2, 0.25) is 0 Å². The quantitative estimate of drug-likeness (QED) is 0.911. The first-order chi connectivity index (χ1) is 12.3. The van der Waals surface area contributed by atoms with E-state index in [-0.39, 0.29) is 5.91 Å². The summed E-state index contributed by atoms with van der Waals surface area (Å²) in [6.45, 7) is 4.75. The molecule has 4 rings (SSSR count). The number of para-hydroxylation sites is 1. The summed E-state index contributed by atoms with van der Waals surface area (Å²) in [5.74, 6) is 0.0454. The van der Waals surface area contributed by atoms with Gasteiger partial charge in [-0.25, -0.2) is 0 Å². The summed E-state index contributed by atoms with van der Waals surface area (Å²) in [6.07, 6.45) is 3.65. The van der Waals surface area contributed by atoms with Gasteiger partial charge in [-0.1, -0.05) is 30.3 Å². The maximum absolute atomic E-state index is 12.4. The van der Waals surface area contributed by atoms with E-state index in [1.165, 1.54) is 42.7 Å². The first-order valence-electron chi connectivity index (χ1n) is 9.22. The van der Waals surface area contributed by atoms with Gasteiger partial charge in [0.15, 0.2) is 0 Å².